The highest BCUT2D eigenvalue weighted by Crippen LogP contribution is 2.24. The van der Waals surface area contributed by atoms with E-state index in [4.69, 9.17) is 17.3 Å². The molecule has 2 aromatic rings. The molecule has 0 aliphatic carbocycles. The number of benzene rings is 2. The molecule has 3 N–H and O–H groups in total. The first kappa shape index (κ1) is 17.4. The third-order valence-electron chi connectivity index (χ3n) is 3.32. The van der Waals surface area contributed by atoms with Crippen molar-refractivity contribution < 1.29 is 4.79 Å². The van der Waals surface area contributed by atoms with Crippen LogP contribution < -0.4 is 16.0 Å². The lowest BCUT2D eigenvalue weighted by molar-refractivity contribution is -0.112. The maximum absolute atomic E-state index is 12.3. The second-order valence-electron chi connectivity index (χ2n) is 4.97. The van der Waals surface area contributed by atoms with Crippen LogP contribution in [0.4, 0.5) is 17.1 Å². The number of nitrogens with two attached hydrogens (primary N) is 1. The highest BCUT2D eigenvalue weighted by molar-refractivity contribution is 6.34. The number of hydrogen-bond donors (Lipinski definition) is 2. The largest absolute Gasteiger partial charge is 0.399 e. The highest BCUT2D eigenvalue weighted by Gasteiger charge is 2.13. The number of nitrogen functional groups attached to an aromatic ring is 1. The molecule has 0 radical (unpaired) electrons. The normalized spacial score (nSPS) is 10.8. The van der Waals surface area contributed by atoms with Crippen LogP contribution >= 0.6 is 11.6 Å². The van der Waals surface area contributed by atoms with E-state index in [1.807, 2.05) is 48.2 Å². The van der Waals surface area contributed by atoms with E-state index in [0.717, 1.165) is 5.69 Å². The molecule has 6 heteroatoms. The number of halogens is 1. The fourth-order valence-electron chi connectivity index (χ4n) is 2.08. The predicted octanol–water partition coefficient (Wildman–Crippen LogP) is 3.79. The highest BCUT2D eigenvalue weighted by atomic mass is 35.5. The number of nitrogens with zero attached hydrogens (tertiary/aromatic N) is 2. The first-order valence-corrected chi connectivity index (χ1v) is 7.73. The van der Waals surface area contributed by atoms with Gasteiger partial charge in [-0.05, 0) is 37.3 Å². The Morgan fingerprint density at radius 2 is 2.04 bits per heavy atom. The topological polar surface area (TPSA) is 82.2 Å². The van der Waals surface area contributed by atoms with Crippen molar-refractivity contribution in [3.8, 4) is 6.07 Å². The Morgan fingerprint density at radius 1 is 1.33 bits per heavy atom. The molecule has 0 saturated carbocycles. The summed E-state index contributed by atoms with van der Waals surface area (Å²) < 4.78 is 0. The molecule has 0 aliphatic heterocycles. The van der Waals surface area contributed by atoms with Gasteiger partial charge in [0.1, 0.15) is 11.6 Å². The third-order valence-corrected chi connectivity index (χ3v) is 3.63. The minimum atomic E-state index is -0.529. The van der Waals surface area contributed by atoms with E-state index in [0.29, 0.717) is 22.9 Å². The molecule has 0 atom stereocenters. The van der Waals surface area contributed by atoms with E-state index < -0.39 is 5.91 Å². The fraction of sp³-hybridized carbons (Fsp3) is 0.111. The molecule has 5 nitrogen and oxygen atoms in total. The van der Waals surface area contributed by atoms with Gasteiger partial charge in [0.2, 0.25) is 0 Å². The van der Waals surface area contributed by atoms with Gasteiger partial charge in [0.05, 0.1) is 10.7 Å². The Balaban J connectivity index is 2.23. The molecular weight excluding hydrogens is 324 g/mol. The van der Waals surface area contributed by atoms with Crippen molar-refractivity contribution in [3.05, 3.63) is 65.3 Å². The second-order valence-corrected chi connectivity index (χ2v) is 5.38. The summed E-state index contributed by atoms with van der Waals surface area (Å²) in [6, 6.07) is 16.2. The van der Waals surface area contributed by atoms with Crippen LogP contribution in [0.5, 0.6) is 0 Å². The molecule has 0 aromatic heterocycles. The zero-order valence-electron chi connectivity index (χ0n) is 13.2. The number of rotatable bonds is 5. The van der Waals surface area contributed by atoms with E-state index in [2.05, 4.69) is 5.32 Å². The molecule has 0 heterocycles. The molecule has 1 amide bonds. The summed E-state index contributed by atoms with van der Waals surface area (Å²) in [5.41, 5.74) is 7.40. The Hall–Kier alpha value is -2.97. The van der Waals surface area contributed by atoms with Crippen molar-refractivity contribution in [2.24, 2.45) is 0 Å². The number of nitriles is 1. The molecule has 0 fully saturated rings. The van der Waals surface area contributed by atoms with Crippen LogP contribution in [0.3, 0.4) is 0 Å². The lowest BCUT2D eigenvalue weighted by Crippen LogP contribution is -2.20. The summed E-state index contributed by atoms with van der Waals surface area (Å²) >= 11 is 6.04. The van der Waals surface area contributed by atoms with Crippen molar-refractivity contribution in [1.29, 1.82) is 5.26 Å². The molecule has 0 bridgehead atoms. The van der Waals surface area contributed by atoms with Crippen molar-refractivity contribution in [3.63, 3.8) is 0 Å². The molecule has 0 spiro atoms. The SMILES string of the molecule is CCN(/C=C(/C#N)C(=O)Nc1ccc(N)cc1Cl)c1ccccc1. The van der Waals surface area contributed by atoms with Crippen molar-refractivity contribution >= 4 is 34.6 Å². The van der Waals surface area contributed by atoms with Crippen LogP contribution in [0.15, 0.2) is 60.3 Å². The minimum Gasteiger partial charge on any atom is -0.399 e. The average Bonchev–Trinajstić information content (AvgIpc) is 2.59. The number of hydrogen-bond acceptors (Lipinski definition) is 4. The van der Waals surface area contributed by atoms with Crippen LogP contribution in [-0.2, 0) is 4.79 Å². The summed E-state index contributed by atoms with van der Waals surface area (Å²) in [6.07, 6.45) is 1.52. The molecule has 24 heavy (non-hydrogen) atoms. The Labute approximate surface area is 145 Å². The van der Waals surface area contributed by atoms with Gasteiger partial charge in [0.15, 0.2) is 0 Å². The number of nitrogens with one attached hydrogen (secondary N) is 1. The number of amides is 1. The summed E-state index contributed by atoms with van der Waals surface area (Å²) in [6.45, 7) is 2.55. The van der Waals surface area contributed by atoms with E-state index >= 15 is 0 Å². The zero-order chi connectivity index (χ0) is 17.5. The minimum absolute atomic E-state index is 0.0198. The Kier molecular flexibility index (Phi) is 5.83. The Morgan fingerprint density at radius 3 is 2.62 bits per heavy atom. The average molecular weight is 341 g/mol. The maximum Gasteiger partial charge on any atom is 0.267 e. The molecular formula is C18H17ClN4O. The van der Waals surface area contributed by atoms with Crippen LogP contribution in [0.2, 0.25) is 5.02 Å². The van der Waals surface area contributed by atoms with Crippen molar-refractivity contribution in [2.45, 2.75) is 6.92 Å². The molecule has 2 aromatic carbocycles. The van der Waals surface area contributed by atoms with Crippen LogP contribution in [0.25, 0.3) is 0 Å². The standard InChI is InChI=1S/C18H17ClN4O/c1-2-23(15-6-4-3-5-7-15)12-13(11-20)18(24)22-17-9-8-14(21)10-16(17)19/h3-10,12H,2,21H2,1H3,(H,22,24)/b13-12-. The first-order chi connectivity index (χ1) is 11.5. The summed E-state index contributed by atoms with van der Waals surface area (Å²) in [5, 5.41) is 12.3. The summed E-state index contributed by atoms with van der Waals surface area (Å²) in [5.74, 6) is -0.529. The van der Waals surface area contributed by atoms with Gasteiger partial charge in [0.25, 0.3) is 5.91 Å². The number of carbonyl (C=O) groups excluding carboxylic acids is 1. The first-order valence-electron chi connectivity index (χ1n) is 7.35. The van der Waals surface area contributed by atoms with Gasteiger partial charge >= 0.3 is 0 Å². The van der Waals surface area contributed by atoms with Crippen LogP contribution in [0, 0.1) is 11.3 Å². The zero-order valence-corrected chi connectivity index (χ0v) is 13.9. The number of carbonyl (C=O) groups is 1. The molecule has 122 valence electrons. The second kappa shape index (κ2) is 8.04. The number of anilines is 3. The third kappa shape index (κ3) is 4.28. The van der Waals surface area contributed by atoms with E-state index in [-0.39, 0.29) is 5.57 Å². The molecule has 0 aliphatic rings. The van der Waals surface area contributed by atoms with Crippen molar-refractivity contribution in [2.75, 3.05) is 22.5 Å². The smallest absolute Gasteiger partial charge is 0.267 e. The van der Waals surface area contributed by atoms with Gasteiger partial charge in [-0.15, -0.1) is 0 Å². The molecule has 0 unspecified atom stereocenters. The predicted molar refractivity (Wildman–Crippen MR) is 97.7 cm³/mol. The molecule has 0 saturated heterocycles. The number of para-hydroxylation sites is 1. The van der Waals surface area contributed by atoms with E-state index in [1.54, 1.807) is 12.1 Å². The maximum atomic E-state index is 12.3. The van der Waals surface area contributed by atoms with Gasteiger partial charge in [-0.2, -0.15) is 5.26 Å². The van der Waals surface area contributed by atoms with Gasteiger partial charge in [-0.1, -0.05) is 29.8 Å². The lowest BCUT2D eigenvalue weighted by Gasteiger charge is -2.19. The Bertz CT molecular complexity index is 796. The van der Waals surface area contributed by atoms with Crippen LogP contribution in [-0.4, -0.2) is 12.5 Å². The van der Waals surface area contributed by atoms with Crippen LogP contribution in [0.1, 0.15) is 6.92 Å². The quantitative estimate of drug-likeness (QED) is 0.493. The summed E-state index contributed by atoms with van der Waals surface area (Å²) in [7, 11) is 0. The molecule has 2 rings (SSSR count). The van der Waals surface area contributed by atoms with Gasteiger partial charge < -0.3 is 16.0 Å². The van der Waals surface area contributed by atoms with E-state index in [9.17, 15) is 10.1 Å². The fourth-order valence-corrected chi connectivity index (χ4v) is 2.32. The monoisotopic (exact) mass is 340 g/mol. The van der Waals surface area contributed by atoms with Gasteiger partial charge in [-0.3, -0.25) is 4.79 Å². The van der Waals surface area contributed by atoms with Crippen molar-refractivity contribution in [1.82, 2.24) is 0 Å². The van der Waals surface area contributed by atoms with E-state index in [1.165, 1.54) is 12.3 Å². The lowest BCUT2D eigenvalue weighted by atomic mass is 10.2. The van der Waals surface area contributed by atoms with Gasteiger partial charge in [-0.25, -0.2) is 0 Å². The summed E-state index contributed by atoms with van der Waals surface area (Å²) in [4.78, 5) is 14.2. The van der Waals surface area contributed by atoms with Gasteiger partial charge in [0, 0.05) is 24.1 Å².